The summed E-state index contributed by atoms with van der Waals surface area (Å²) in [5.74, 6) is 0.747. The molecule has 0 bridgehead atoms. The van der Waals surface area contributed by atoms with Crippen LogP contribution in [0.5, 0.6) is 0 Å². The van der Waals surface area contributed by atoms with Crippen molar-refractivity contribution in [3.05, 3.63) is 35.4 Å². The maximum Gasteiger partial charge on any atom is 0.0462 e. The van der Waals surface area contributed by atoms with Gasteiger partial charge in [0.15, 0.2) is 0 Å². The van der Waals surface area contributed by atoms with Gasteiger partial charge in [-0.15, -0.1) is 11.6 Å². The van der Waals surface area contributed by atoms with Crippen molar-refractivity contribution < 1.29 is 4.74 Å². The van der Waals surface area contributed by atoms with E-state index in [1.807, 2.05) is 0 Å². The van der Waals surface area contributed by atoms with Gasteiger partial charge >= 0.3 is 0 Å². The van der Waals surface area contributed by atoms with Gasteiger partial charge in [0.1, 0.15) is 0 Å². The van der Waals surface area contributed by atoms with Crippen LogP contribution in [0.3, 0.4) is 0 Å². The Morgan fingerprint density at radius 2 is 2.11 bits per heavy atom. The second-order valence-electron chi connectivity index (χ2n) is 5.37. The van der Waals surface area contributed by atoms with Crippen molar-refractivity contribution in [3.8, 4) is 0 Å². The van der Waals surface area contributed by atoms with Crippen LogP contribution in [0.25, 0.3) is 0 Å². The van der Waals surface area contributed by atoms with Crippen LogP contribution < -0.4 is 0 Å². The molecule has 2 rings (SSSR count). The number of benzene rings is 1. The molecule has 0 saturated heterocycles. The van der Waals surface area contributed by atoms with Crippen molar-refractivity contribution >= 4 is 11.6 Å². The lowest BCUT2D eigenvalue weighted by atomic mass is 9.68. The predicted molar refractivity (Wildman–Crippen MR) is 77.5 cm³/mol. The Morgan fingerprint density at radius 1 is 1.28 bits per heavy atom. The molecule has 18 heavy (non-hydrogen) atoms. The second kappa shape index (κ2) is 6.58. The molecule has 0 radical (unpaired) electrons. The molecule has 1 aliphatic carbocycles. The van der Waals surface area contributed by atoms with Gasteiger partial charge in [0, 0.05) is 25.0 Å². The van der Waals surface area contributed by atoms with Crippen molar-refractivity contribution in [2.45, 2.75) is 43.9 Å². The Hall–Kier alpha value is -0.530. The molecule has 0 N–H and O–H groups in total. The molecule has 0 fully saturated rings. The Kier molecular flexibility index (Phi) is 5.08. The molecule has 0 amide bonds. The molecule has 1 atom stereocenters. The van der Waals surface area contributed by atoms with Crippen LogP contribution >= 0.6 is 11.6 Å². The zero-order chi connectivity index (χ0) is 12.8. The zero-order valence-corrected chi connectivity index (χ0v) is 12.0. The lowest BCUT2D eigenvalue weighted by Gasteiger charge is -2.38. The van der Waals surface area contributed by atoms with Gasteiger partial charge in [0.2, 0.25) is 0 Å². The van der Waals surface area contributed by atoms with E-state index in [2.05, 4.69) is 24.3 Å². The highest BCUT2D eigenvalue weighted by Gasteiger charge is 2.34. The minimum absolute atomic E-state index is 0.212. The van der Waals surface area contributed by atoms with E-state index >= 15 is 0 Å². The molecule has 1 aromatic rings. The number of hydrogen-bond acceptors (Lipinski definition) is 1. The van der Waals surface area contributed by atoms with Crippen LogP contribution in [0.4, 0.5) is 0 Å². The van der Waals surface area contributed by atoms with E-state index in [-0.39, 0.29) is 5.41 Å². The average Bonchev–Trinajstić information content (AvgIpc) is 2.44. The van der Waals surface area contributed by atoms with Crippen molar-refractivity contribution in [2.75, 3.05) is 19.6 Å². The minimum atomic E-state index is 0.212. The largest absolute Gasteiger partial charge is 0.385 e. The van der Waals surface area contributed by atoms with Crippen LogP contribution in [0.1, 0.15) is 43.2 Å². The van der Waals surface area contributed by atoms with E-state index in [0.717, 1.165) is 18.9 Å². The minimum Gasteiger partial charge on any atom is -0.385 e. The number of hydrogen-bond donors (Lipinski definition) is 0. The molecule has 0 heterocycles. The monoisotopic (exact) mass is 266 g/mol. The molecule has 1 nitrogen and oxygen atoms in total. The van der Waals surface area contributed by atoms with Crippen LogP contribution in [0.2, 0.25) is 0 Å². The summed E-state index contributed by atoms with van der Waals surface area (Å²) in [6.07, 6.45) is 7.25. The number of alkyl halides is 1. The highest BCUT2D eigenvalue weighted by atomic mass is 35.5. The fourth-order valence-corrected chi connectivity index (χ4v) is 3.59. The first-order valence-electron chi connectivity index (χ1n) is 6.96. The predicted octanol–water partition coefficient (Wildman–Crippen LogP) is 4.32. The Labute approximate surface area is 115 Å². The molecular formula is C16H23ClO. The number of unbranched alkanes of at least 4 members (excludes halogenated alkanes) is 1. The summed E-state index contributed by atoms with van der Waals surface area (Å²) in [5.41, 5.74) is 3.23. The molecule has 0 spiro atoms. The van der Waals surface area contributed by atoms with Gasteiger partial charge in [0.05, 0.1) is 0 Å². The summed E-state index contributed by atoms with van der Waals surface area (Å²) < 4.78 is 5.13. The quantitative estimate of drug-likeness (QED) is 0.551. The third-order valence-electron chi connectivity index (χ3n) is 4.20. The van der Waals surface area contributed by atoms with Gasteiger partial charge in [0.25, 0.3) is 0 Å². The van der Waals surface area contributed by atoms with Crippen molar-refractivity contribution in [1.82, 2.24) is 0 Å². The molecule has 2 heteroatoms. The summed E-state index contributed by atoms with van der Waals surface area (Å²) in [5, 5.41) is 0. The molecule has 0 saturated carbocycles. The Morgan fingerprint density at radius 3 is 2.89 bits per heavy atom. The fraction of sp³-hybridized carbons (Fsp3) is 0.625. The maximum atomic E-state index is 6.35. The van der Waals surface area contributed by atoms with Crippen molar-refractivity contribution in [2.24, 2.45) is 0 Å². The number of aryl methyl sites for hydroxylation is 1. The van der Waals surface area contributed by atoms with Gasteiger partial charge in [-0.3, -0.25) is 0 Å². The average molecular weight is 267 g/mol. The topological polar surface area (TPSA) is 9.23 Å². The highest BCUT2D eigenvalue weighted by molar-refractivity contribution is 6.18. The highest BCUT2D eigenvalue weighted by Crippen LogP contribution is 2.41. The second-order valence-corrected chi connectivity index (χ2v) is 5.64. The number of ether oxygens (including phenoxy) is 1. The number of rotatable bonds is 6. The van der Waals surface area contributed by atoms with Gasteiger partial charge in [-0.25, -0.2) is 0 Å². The first-order chi connectivity index (χ1) is 8.82. The van der Waals surface area contributed by atoms with E-state index in [9.17, 15) is 0 Å². The Balaban J connectivity index is 2.12. The van der Waals surface area contributed by atoms with E-state index in [1.165, 1.54) is 43.2 Å². The summed E-state index contributed by atoms with van der Waals surface area (Å²) in [6, 6.07) is 8.85. The summed E-state index contributed by atoms with van der Waals surface area (Å²) in [7, 11) is 1.77. The first kappa shape index (κ1) is 13.9. The van der Waals surface area contributed by atoms with Gasteiger partial charge in [-0.2, -0.15) is 0 Å². The SMILES string of the molecule is COCCCCC1(CCl)CCCc2ccccc21. The van der Waals surface area contributed by atoms with E-state index in [0.29, 0.717) is 0 Å². The van der Waals surface area contributed by atoms with Gasteiger partial charge in [-0.05, 0) is 43.2 Å². The van der Waals surface area contributed by atoms with Crippen molar-refractivity contribution in [1.29, 1.82) is 0 Å². The lowest BCUT2D eigenvalue weighted by Crippen LogP contribution is -2.33. The molecule has 0 aliphatic heterocycles. The fourth-order valence-electron chi connectivity index (χ4n) is 3.18. The normalized spacial score (nSPS) is 22.8. The van der Waals surface area contributed by atoms with E-state index in [1.54, 1.807) is 7.11 Å². The van der Waals surface area contributed by atoms with Crippen molar-refractivity contribution in [3.63, 3.8) is 0 Å². The van der Waals surface area contributed by atoms with E-state index in [4.69, 9.17) is 16.3 Å². The maximum absolute atomic E-state index is 6.35. The third kappa shape index (κ3) is 2.89. The molecule has 1 aromatic carbocycles. The lowest BCUT2D eigenvalue weighted by molar-refractivity contribution is 0.188. The summed E-state index contributed by atoms with van der Waals surface area (Å²) in [6.45, 7) is 0.861. The number of methoxy groups -OCH3 is 1. The first-order valence-corrected chi connectivity index (χ1v) is 7.49. The van der Waals surface area contributed by atoms with Crippen LogP contribution in [0, 0.1) is 0 Å². The summed E-state index contributed by atoms with van der Waals surface area (Å²) in [4.78, 5) is 0. The molecule has 100 valence electrons. The number of halogens is 1. The van der Waals surface area contributed by atoms with Crippen LogP contribution in [0.15, 0.2) is 24.3 Å². The van der Waals surface area contributed by atoms with Gasteiger partial charge in [-0.1, -0.05) is 30.7 Å². The van der Waals surface area contributed by atoms with Crippen LogP contribution in [-0.2, 0) is 16.6 Å². The molecule has 0 aromatic heterocycles. The van der Waals surface area contributed by atoms with E-state index < -0.39 is 0 Å². The molecule has 1 unspecified atom stereocenters. The zero-order valence-electron chi connectivity index (χ0n) is 11.3. The summed E-state index contributed by atoms with van der Waals surface area (Å²) >= 11 is 6.35. The Bertz CT molecular complexity index is 377. The molecule has 1 aliphatic rings. The standard InChI is InChI=1S/C16H23ClO/c1-18-12-5-4-10-16(13-17)11-6-8-14-7-2-3-9-15(14)16/h2-3,7,9H,4-6,8,10-13H2,1H3. The third-order valence-corrected chi connectivity index (χ3v) is 4.71. The van der Waals surface area contributed by atoms with Gasteiger partial charge < -0.3 is 4.74 Å². The van der Waals surface area contributed by atoms with Crippen LogP contribution in [-0.4, -0.2) is 19.6 Å². The molecular weight excluding hydrogens is 244 g/mol. The smallest absolute Gasteiger partial charge is 0.0462 e. The number of fused-ring (bicyclic) bond motifs is 1.